The summed E-state index contributed by atoms with van der Waals surface area (Å²) >= 11 is 1.64. The zero-order valence-electron chi connectivity index (χ0n) is 7.41. The first kappa shape index (κ1) is 10.4. The number of thioether (sulfide) groups is 1. The van der Waals surface area contributed by atoms with E-state index < -0.39 is 17.6 Å². The number of amides is 1. The average Bonchev–Trinajstić information content (AvgIpc) is 2.54. The molecule has 1 rings (SSSR count). The van der Waals surface area contributed by atoms with Crippen molar-refractivity contribution in [3.05, 3.63) is 0 Å². The van der Waals surface area contributed by atoms with Crippen LogP contribution in [0.4, 0.5) is 0 Å². The molecule has 1 aliphatic rings. The molecule has 0 radical (unpaired) electrons. The molecule has 1 heterocycles. The van der Waals surface area contributed by atoms with E-state index in [9.17, 15) is 4.79 Å². The van der Waals surface area contributed by atoms with E-state index in [1.807, 2.05) is 0 Å². The Morgan fingerprint density at radius 1 is 1.85 bits per heavy atom. The number of nitrogens with zero attached hydrogens (tertiary/aromatic N) is 1. The standard InChI is InChI=1S/C8H12N2O2S/c1-6(11)7(12)10-8(4-9)2-3-13-5-8/h6,11H,2-3,5H2,1H3,(H,10,12)/t6-,8?/m0/s1. The molecule has 0 aromatic heterocycles. The van der Waals surface area contributed by atoms with Crippen molar-refractivity contribution in [2.45, 2.75) is 25.0 Å². The Balaban J connectivity index is 2.60. The van der Waals surface area contributed by atoms with Gasteiger partial charge in [0.05, 0.1) is 6.07 Å². The van der Waals surface area contributed by atoms with E-state index in [0.717, 1.165) is 5.75 Å². The normalized spacial score (nSPS) is 29.3. The molecule has 1 aliphatic heterocycles. The van der Waals surface area contributed by atoms with E-state index in [-0.39, 0.29) is 0 Å². The average molecular weight is 200 g/mol. The lowest BCUT2D eigenvalue weighted by Gasteiger charge is -2.21. The minimum Gasteiger partial charge on any atom is -0.384 e. The van der Waals surface area contributed by atoms with E-state index in [1.54, 1.807) is 11.8 Å². The zero-order chi connectivity index (χ0) is 9.90. The summed E-state index contributed by atoms with van der Waals surface area (Å²) in [5.74, 6) is 1.03. The van der Waals surface area contributed by atoms with Crippen LogP contribution in [0.25, 0.3) is 0 Å². The number of rotatable bonds is 2. The highest BCUT2D eigenvalue weighted by Gasteiger charge is 2.36. The molecule has 2 N–H and O–H groups in total. The molecule has 1 saturated heterocycles. The van der Waals surface area contributed by atoms with Gasteiger partial charge in [-0.15, -0.1) is 0 Å². The van der Waals surface area contributed by atoms with Crippen molar-refractivity contribution in [2.24, 2.45) is 0 Å². The third kappa shape index (κ3) is 2.36. The summed E-state index contributed by atoms with van der Waals surface area (Å²) in [6, 6.07) is 2.10. The maximum atomic E-state index is 11.1. The van der Waals surface area contributed by atoms with Crippen molar-refractivity contribution in [3.8, 4) is 6.07 Å². The van der Waals surface area contributed by atoms with Crippen molar-refractivity contribution < 1.29 is 9.90 Å². The maximum absolute atomic E-state index is 11.1. The fourth-order valence-electron chi connectivity index (χ4n) is 1.12. The van der Waals surface area contributed by atoms with Crippen molar-refractivity contribution in [2.75, 3.05) is 11.5 Å². The van der Waals surface area contributed by atoms with Gasteiger partial charge in [-0.25, -0.2) is 0 Å². The summed E-state index contributed by atoms with van der Waals surface area (Å²) in [4.78, 5) is 11.1. The Hall–Kier alpha value is -0.730. The SMILES string of the molecule is C[C@H](O)C(=O)NC1(C#N)CCSC1. The van der Waals surface area contributed by atoms with Gasteiger partial charge in [0.1, 0.15) is 11.6 Å². The van der Waals surface area contributed by atoms with Crippen LogP contribution < -0.4 is 5.32 Å². The van der Waals surface area contributed by atoms with E-state index in [4.69, 9.17) is 10.4 Å². The molecule has 0 bridgehead atoms. The maximum Gasteiger partial charge on any atom is 0.249 e. The highest BCUT2D eigenvalue weighted by Crippen LogP contribution is 2.27. The predicted octanol–water partition coefficient (Wildman–Crippen LogP) is -0.117. The fourth-order valence-corrected chi connectivity index (χ4v) is 2.39. The molecule has 0 saturated carbocycles. The monoisotopic (exact) mass is 200 g/mol. The smallest absolute Gasteiger partial charge is 0.249 e. The van der Waals surface area contributed by atoms with Gasteiger partial charge in [-0.2, -0.15) is 17.0 Å². The number of aliphatic hydroxyl groups excluding tert-OH is 1. The van der Waals surface area contributed by atoms with Crippen LogP contribution in [0.2, 0.25) is 0 Å². The second-order valence-corrected chi connectivity index (χ2v) is 4.27. The summed E-state index contributed by atoms with van der Waals surface area (Å²) in [5.41, 5.74) is -0.751. The number of carbonyl (C=O) groups is 1. The Morgan fingerprint density at radius 2 is 2.54 bits per heavy atom. The van der Waals surface area contributed by atoms with Gasteiger partial charge in [-0.05, 0) is 19.1 Å². The number of carbonyl (C=O) groups excluding carboxylic acids is 1. The minimum atomic E-state index is -1.05. The Labute approximate surface area is 81.3 Å². The van der Waals surface area contributed by atoms with Crippen LogP contribution >= 0.6 is 11.8 Å². The van der Waals surface area contributed by atoms with Crippen LogP contribution in [-0.2, 0) is 4.79 Å². The quantitative estimate of drug-likeness (QED) is 0.652. The topological polar surface area (TPSA) is 73.1 Å². The molecular formula is C8H12N2O2S. The summed E-state index contributed by atoms with van der Waals surface area (Å²) in [6.07, 6.45) is -0.386. The lowest BCUT2D eigenvalue weighted by Crippen LogP contribution is -2.50. The van der Waals surface area contributed by atoms with Crippen LogP contribution in [0, 0.1) is 11.3 Å². The molecule has 2 atom stereocenters. The van der Waals surface area contributed by atoms with Gasteiger partial charge in [0.15, 0.2) is 0 Å². The third-order valence-corrected chi connectivity index (χ3v) is 3.17. The molecular weight excluding hydrogens is 188 g/mol. The van der Waals surface area contributed by atoms with E-state index in [2.05, 4.69) is 11.4 Å². The van der Waals surface area contributed by atoms with Gasteiger partial charge >= 0.3 is 0 Å². The van der Waals surface area contributed by atoms with Crippen molar-refractivity contribution in [1.29, 1.82) is 5.26 Å². The Kier molecular flexibility index (Phi) is 3.17. The fraction of sp³-hybridized carbons (Fsp3) is 0.750. The number of hydrogen-bond acceptors (Lipinski definition) is 4. The first-order valence-electron chi connectivity index (χ1n) is 4.09. The first-order valence-corrected chi connectivity index (χ1v) is 5.24. The predicted molar refractivity (Wildman–Crippen MR) is 50.1 cm³/mol. The summed E-state index contributed by atoms with van der Waals surface area (Å²) in [5, 5.41) is 20.4. The lowest BCUT2D eigenvalue weighted by molar-refractivity contribution is -0.129. The number of aliphatic hydroxyl groups is 1. The zero-order valence-corrected chi connectivity index (χ0v) is 8.23. The molecule has 13 heavy (non-hydrogen) atoms. The molecule has 1 fully saturated rings. The highest BCUT2D eigenvalue weighted by molar-refractivity contribution is 7.99. The number of nitrogens with one attached hydrogen (secondary N) is 1. The first-order chi connectivity index (χ1) is 6.09. The highest BCUT2D eigenvalue weighted by atomic mass is 32.2. The number of nitriles is 1. The van der Waals surface area contributed by atoms with Gasteiger partial charge in [-0.3, -0.25) is 4.79 Å². The van der Waals surface area contributed by atoms with Gasteiger partial charge in [0.25, 0.3) is 0 Å². The molecule has 0 aromatic rings. The van der Waals surface area contributed by atoms with Gasteiger partial charge < -0.3 is 10.4 Å². The molecule has 0 aromatic carbocycles. The van der Waals surface area contributed by atoms with Gasteiger partial charge in [0.2, 0.25) is 5.91 Å². The molecule has 72 valence electrons. The summed E-state index contributed by atoms with van der Waals surface area (Å²) in [6.45, 7) is 1.39. The van der Waals surface area contributed by atoms with Crippen molar-refractivity contribution in [3.63, 3.8) is 0 Å². The summed E-state index contributed by atoms with van der Waals surface area (Å²) < 4.78 is 0. The van der Waals surface area contributed by atoms with Crippen LogP contribution in [-0.4, -0.2) is 34.2 Å². The molecule has 0 spiro atoms. The van der Waals surface area contributed by atoms with Crippen molar-refractivity contribution in [1.82, 2.24) is 5.32 Å². The molecule has 4 nitrogen and oxygen atoms in total. The number of hydrogen-bond donors (Lipinski definition) is 2. The largest absolute Gasteiger partial charge is 0.384 e. The van der Waals surface area contributed by atoms with Crippen LogP contribution in [0.1, 0.15) is 13.3 Å². The Bertz CT molecular complexity index is 241. The van der Waals surface area contributed by atoms with Crippen LogP contribution in [0.5, 0.6) is 0 Å². The minimum absolute atomic E-state index is 0.468. The third-order valence-electron chi connectivity index (χ3n) is 1.98. The molecule has 5 heteroatoms. The molecule has 0 aliphatic carbocycles. The molecule has 1 amide bonds. The Morgan fingerprint density at radius 3 is 2.92 bits per heavy atom. The van der Waals surface area contributed by atoms with E-state index >= 15 is 0 Å². The second kappa shape index (κ2) is 3.99. The van der Waals surface area contributed by atoms with Crippen LogP contribution in [0.3, 0.4) is 0 Å². The lowest BCUT2D eigenvalue weighted by atomic mass is 10.0. The summed E-state index contributed by atoms with van der Waals surface area (Å²) in [7, 11) is 0. The van der Waals surface area contributed by atoms with E-state index in [0.29, 0.717) is 12.2 Å². The van der Waals surface area contributed by atoms with Gasteiger partial charge in [-0.1, -0.05) is 0 Å². The van der Waals surface area contributed by atoms with Crippen molar-refractivity contribution >= 4 is 17.7 Å². The van der Waals surface area contributed by atoms with Crippen LogP contribution in [0.15, 0.2) is 0 Å². The second-order valence-electron chi connectivity index (χ2n) is 3.16. The van der Waals surface area contributed by atoms with E-state index in [1.165, 1.54) is 6.92 Å². The van der Waals surface area contributed by atoms with Gasteiger partial charge in [0, 0.05) is 5.75 Å². The molecule has 1 unspecified atom stereocenters.